The third-order valence-corrected chi connectivity index (χ3v) is 3.42. The zero-order chi connectivity index (χ0) is 15.2. The number of rotatable bonds is 4. The Bertz CT molecular complexity index is 652. The number of aryl methyl sites for hydroxylation is 1. The minimum atomic E-state index is -0.294. The predicted octanol–water partition coefficient (Wildman–Crippen LogP) is 4.63. The first-order chi connectivity index (χ1) is 10.1. The van der Waals surface area contributed by atoms with Gasteiger partial charge in [-0.25, -0.2) is 4.79 Å². The Balaban J connectivity index is 2.23. The van der Waals surface area contributed by atoms with E-state index in [-0.39, 0.29) is 5.97 Å². The summed E-state index contributed by atoms with van der Waals surface area (Å²) in [6.07, 6.45) is 1.53. The van der Waals surface area contributed by atoms with Crippen molar-refractivity contribution >= 4 is 11.5 Å². The maximum absolute atomic E-state index is 11.5. The fourth-order valence-corrected chi connectivity index (χ4v) is 2.25. The van der Waals surface area contributed by atoms with E-state index in [9.17, 15) is 4.79 Å². The molecule has 2 heteroatoms. The predicted molar refractivity (Wildman–Crippen MR) is 86.9 cm³/mol. The Morgan fingerprint density at radius 2 is 1.76 bits per heavy atom. The zero-order valence-corrected chi connectivity index (χ0v) is 12.7. The number of carbonyl (C=O) groups is 1. The van der Waals surface area contributed by atoms with Crippen LogP contribution in [0.25, 0.3) is 16.7 Å². The third kappa shape index (κ3) is 3.82. The lowest BCUT2D eigenvalue weighted by atomic mass is 9.98. The summed E-state index contributed by atoms with van der Waals surface area (Å²) < 4.78 is 4.93. The molecule has 0 saturated carbocycles. The number of hydrogen-bond donors (Lipinski definition) is 0. The van der Waals surface area contributed by atoms with Gasteiger partial charge >= 0.3 is 5.97 Å². The average Bonchev–Trinajstić information content (AvgIpc) is 2.48. The molecule has 0 aliphatic carbocycles. The van der Waals surface area contributed by atoms with Gasteiger partial charge in [-0.3, -0.25) is 0 Å². The molecular weight excluding hydrogens is 260 g/mol. The summed E-state index contributed by atoms with van der Waals surface area (Å²) >= 11 is 0. The highest BCUT2D eigenvalue weighted by Gasteiger charge is 2.03. The summed E-state index contributed by atoms with van der Waals surface area (Å²) in [7, 11) is 0. The summed E-state index contributed by atoms with van der Waals surface area (Å²) in [4.78, 5) is 11.5. The topological polar surface area (TPSA) is 26.3 Å². The van der Waals surface area contributed by atoms with Crippen molar-refractivity contribution in [3.05, 3.63) is 65.7 Å². The van der Waals surface area contributed by atoms with Crippen LogP contribution in [0.2, 0.25) is 0 Å². The Labute approximate surface area is 126 Å². The molecule has 0 amide bonds. The van der Waals surface area contributed by atoms with Gasteiger partial charge in [-0.05, 0) is 48.6 Å². The smallest absolute Gasteiger partial charge is 0.331 e. The molecule has 0 N–H and O–H groups in total. The Kier molecular flexibility index (Phi) is 4.94. The maximum Gasteiger partial charge on any atom is 0.331 e. The molecule has 2 rings (SSSR count). The standard InChI is InChI=1S/C19H20O2/c1-4-21-19(20)13-15(3)16-9-11-17(12-10-16)18-8-6-5-7-14(18)2/h5-13H,4H2,1-3H3/b15-13+. The van der Waals surface area contributed by atoms with Gasteiger partial charge < -0.3 is 4.74 Å². The average molecular weight is 280 g/mol. The van der Waals surface area contributed by atoms with E-state index in [4.69, 9.17) is 4.74 Å². The first-order valence-electron chi connectivity index (χ1n) is 7.13. The number of hydrogen-bond acceptors (Lipinski definition) is 2. The van der Waals surface area contributed by atoms with E-state index in [1.54, 1.807) is 6.92 Å². The molecule has 0 heterocycles. The van der Waals surface area contributed by atoms with Crippen LogP contribution < -0.4 is 0 Å². The van der Waals surface area contributed by atoms with Gasteiger partial charge in [0.15, 0.2) is 0 Å². The molecule has 0 aliphatic rings. The number of benzene rings is 2. The molecule has 2 aromatic rings. The van der Waals surface area contributed by atoms with Crippen molar-refractivity contribution in [2.24, 2.45) is 0 Å². The van der Waals surface area contributed by atoms with E-state index < -0.39 is 0 Å². The van der Waals surface area contributed by atoms with Gasteiger partial charge in [-0.1, -0.05) is 48.5 Å². The van der Waals surface area contributed by atoms with Crippen molar-refractivity contribution in [1.29, 1.82) is 0 Å². The first-order valence-corrected chi connectivity index (χ1v) is 7.13. The van der Waals surface area contributed by atoms with Crippen molar-refractivity contribution in [2.45, 2.75) is 20.8 Å². The largest absolute Gasteiger partial charge is 0.463 e. The molecule has 2 aromatic carbocycles. The fraction of sp³-hybridized carbons (Fsp3) is 0.211. The quantitative estimate of drug-likeness (QED) is 0.603. The minimum Gasteiger partial charge on any atom is -0.463 e. The molecule has 0 bridgehead atoms. The molecule has 0 fully saturated rings. The van der Waals surface area contributed by atoms with Crippen LogP contribution in [-0.2, 0) is 9.53 Å². The number of ether oxygens (including phenoxy) is 1. The van der Waals surface area contributed by atoms with Crippen LogP contribution in [0.3, 0.4) is 0 Å². The van der Waals surface area contributed by atoms with Crippen LogP contribution in [0.1, 0.15) is 25.0 Å². The van der Waals surface area contributed by atoms with Crippen molar-refractivity contribution in [1.82, 2.24) is 0 Å². The molecule has 2 nitrogen and oxygen atoms in total. The van der Waals surface area contributed by atoms with Gasteiger partial charge in [-0.15, -0.1) is 0 Å². The second-order valence-corrected chi connectivity index (χ2v) is 4.97. The van der Waals surface area contributed by atoms with Crippen molar-refractivity contribution < 1.29 is 9.53 Å². The number of carbonyl (C=O) groups excluding carboxylic acids is 1. The second kappa shape index (κ2) is 6.89. The summed E-state index contributed by atoms with van der Waals surface area (Å²) in [6.45, 7) is 6.22. The molecule has 0 aliphatic heterocycles. The van der Waals surface area contributed by atoms with E-state index in [1.807, 2.05) is 31.2 Å². The highest BCUT2D eigenvalue weighted by Crippen LogP contribution is 2.25. The fourth-order valence-electron chi connectivity index (χ4n) is 2.25. The van der Waals surface area contributed by atoms with Gasteiger partial charge in [0.2, 0.25) is 0 Å². The van der Waals surface area contributed by atoms with Gasteiger partial charge in [-0.2, -0.15) is 0 Å². The maximum atomic E-state index is 11.5. The van der Waals surface area contributed by atoms with E-state index in [0.717, 1.165) is 11.1 Å². The van der Waals surface area contributed by atoms with Crippen LogP contribution in [0.5, 0.6) is 0 Å². The molecular formula is C19H20O2. The van der Waals surface area contributed by atoms with E-state index >= 15 is 0 Å². The molecule has 0 spiro atoms. The lowest BCUT2D eigenvalue weighted by Gasteiger charge is -2.07. The molecule has 0 unspecified atom stereocenters. The number of esters is 1. The highest BCUT2D eigenvalue weighted by molar-refractivity contribution is 5.91. The molecule has 0 atom stereocenters. The summed E-state index contributed by atoms with van der Waals surface area (Å²) in [5, 5.41) is 0. The SMILES string of the molecule is CCOC(=O)/C=C(\C)c1ccc(-c2ccccc2C)cc1. The van der Waals surface area contributed by atoms with Gasteiger partial charge in [0.05, 0.1) is 6.61 Å². The Morgan fingerprint density at radius 1 is 1.10 bits per heavy atom. The molecule has 0 saturated heterocycles. The third-order valence-electron chi connectivity index (χ3n) is 3.42. The van der Waals surface area contributed by atoms with Gasteiger partial charge in [0.1, 0.15) is 0 Å². The Hall–Kier alpha value is -2.35. The first kappa shape index (κ1) is 15.0. The Morgan fingerprint density at radius 3 is 2.38 bits per heavy atom. The van der Waals surface area contributed by atoms with Crippen LogP contribution in [0.4, 0.5) is 0 Å². The van der Waals surface area contributed by atoms with Crippen LogP contribution in [0, 0.1) is 6.92 Å². The van der Waals surface area contributed by atoms with Crippen molar-refractivity contribution in [3.63, 3.8) is 0 Å². The number of allylic oxidation sites excluding steroid dienone is 1. The van der Waals surface area contributed by atoms with Crippen molar-refractivity contribution in [2.75, 3.05) is 6.61 Å². The second-order valence-electron chi connectivity index (χ2n) is 4.97. The monoisotopic (exact) mass is 280 g/mol. The zero-order valence-electron chi connectivity index (χ0n) is 12.7. The van der Waals surface area contributed by atoms with Crippen LogP contribution in [-0.4, -0.2) is 12.6 Å². The summed E-state index contributed by atoms with van der Waals surface area (Å²) in [6, 6.07) is 16.5. The van der Waals surface area contributed by atoms with Gasteiger partial charge in [0.25, 0.3) is 0 Å². The normalized spacial score (nSPS) is 11.3. The summed E-state index contributed by atoms with van der Waals surface area (Å²) in [5.41, 5.74) is 5.60. The molecule has 0 aromatic heterocycles. The van der Waals surface area contributed by atoms with Crippen LogP contribution >= 0.6 is 0 Å². The lowest BCUT2D eigenvalue weighted by molar-refractivity contribution is -0.137. The minimum absolute atomic E-state index is 0.294. The molecule has 108 valence electrons. The molecule has 21 heavy (non-hydrogen) atoms. The van der Waals surface area contributed by atoms with Crippen molar-refractivity contribution in [3.8, 4) is 11.1 Å². The molecule has 0 radical (unpaired) electrons. The van der Waals surface area contributed by atoms with Crippen LogP contribution in [0.15, 0.2) is 54.6 Å². The summed E-state index contributed by atoms with van der Waals surface area (Å²) in [5.74, 6) is -0.294. The van der Waals surface area contributed by atoms with E-state index in [2.05, 4.69) is 31.2 Å². The van der Waals surface area contributed by atoms with E-state index in [0.29, 0.717) is 6.61 Å². The lowest BCUT2D eigenvalue weighted by Crippen LogP contribution is -2.00. The van der Waals surface area contributed by atoms with E-state index in [1.165, 1.54) is 22.8 Å². The highest BCUT2D eigenvalue weighted by atomic mass is 16.5. The van der Waals surface area contributed by atoms with Gasteiger partial charge in [0, 0.05) is 6.08 Å².